The number of fused-ring (bicyclic) bond motifs is 3. The Bertz CT molecular complexity index is 401. The van der Waals surface area contributed by atoms with Gasteiger partial charge in [0.05, 0.1) is 0 Å². The lowest BCUT2D eigenvalue weighted by atomic mass is 9.98. The molecule has 0 fully saturated rings. The van der Waals surface area contributed by atoms with Crippen LogP contribution in [0.3, 0.4) is 0 Å². The van der Waals surface area contributed by atoms with Crippen LogP contribution in [0.5, 0.6) is 0 Å². The molecule has 1 heteroatoms. The first-order chi connectivity index (χ1) is 6.45. The summed E-state index contributed by atoms with van der Waals surface area (Å²) in [5.74, 6) is 0. The summed E-state index contributed by atoms with van der Waals surface area (Å²) in [6, 6.07) is 8.70. The molecule has 0 saturated heterocycles. The smallest absolute Gasteiger partial charge is 0.0385 e. The van der Waals surface area contributed by atoms with E-state index in [9.17, 15) is 0 Å². The van der Waals surface area contributed by atoms with Crippen molar-refractivity contribution in [2.75, 3.05) is 0 Å². The van der Waals surface area contributed by atoms with E-state index in [2.05, 4.69) is 42.5 Å². The van der Waals surface area contributed by atoms with Crippen molar-refractivity contribution in [3.63, 3.8) is 0 Å². The van der Waals surface area contributed by atoms with Gasteiger partial charge < -0.3 is 0 Å². The molecule has 64 valence electrons. The highest BCUT2D eigenvalue weighted by molar-refractivity contribution is 8.00. The predicted molar refractivity (Wildman–Crippen MR) is 57.8 cm³/mol. The minimum atomic E-state index is 0.683. The molecule has 1 aliphatic carbocycles. The number of hydrogen-bond acceptors (Lipinski definition) is 1. The fourth-order valence-electron chi connectivity index (χ4n) is 1.94. The maximum Gasteiger partial charge on any atom is 0.0385 e. The minimum absolute atomic E-state index is 0.683. The lowest BCUT2D eigenvalue weighted by Gasteiger charge is -2.11. The standard InChI is InChI=1S/C12H10S/c1-3-7-11-9(5-1)10-6-2-4-8-12(10)13-11/h1-7,12H,8H2/t12-/m0/s1. The van der Waals surface area contributed by atoms with E-state index in [0.717, 1.165) is 0 Å². The molecule has 0 saturated carbocycles. The van der Waals surface area contributed by atoms with Gasteiger partial charge in [0, 0.05) is 10.1 Å². The van der Waals surface area contributed by atoms with E-state index in [4.69, 9.17) is 0 Å². The van der Waals surface area contributed by atoms with Gasteiger partial charge in [-0.15, -0.1) is 11.8 Å². The van der Waals surface area contributed by atoms with Crippen LogP contribution in [0.4, 0.5) is 0 Å². The molecule has 1 aromatic carbocycles. The molecule has 2 aliphatic rings. The molecule has 0 unspecified atom stereocenters. The van der Waals surface area contributed by atoms with Crippen LogP contribution in [0, 0.1) is 0 Å². The number of thioether (sulfide) groups is 1. The quantitative estimate of drug-likeness (QED) is 0.597. The molecule has 1 aliphatic heterocycles. The fraction of sp³-hybridized carbons (Fsp3) is 0.167. The van der Waals surface area contributed by atoms with Crippen LogP contribution >= 0.6 is 11.8 Å². The highest BCUT2D eigenvalue weighted by Gasteiger charge is 2.26. The molecule has 1 heterocycles. The molecule has 0 bridgehead atoms. The van der Waals surface area contributed by atoms with Crippen LogP contribution in [0.15, 0.2) is 47.4 Å². The summed E-state index contributed by atoms with van der Waals surface area (Å²) in [5.41, 5.74) is 2.96. The second-order valence-electron chi connectivity index (χ2n) is 3.39. The Balaban J connectivity index is 2.18. The zero-order valence-electron chi connectivity index (χ0n) is 7.23. The lowest BCUT2D eigenvalue weighted by Crippen LogP contribution is -2.00. The maximum atomic E-state index is 2.26. The number of benzene rings is 1. The topological polar surface area (TPSA) is 0 Å². The Morgan fingerprint density at radius 2 is 2.15 bits per heavy atom. The highest BCUT2D eigenvalue weighted by Crippen LogP contribution is 2.47. The molecule has 0 amide bonds. The predicted octanol–water partition coefficient (Wildman–Crippen LogP) is 3.50. The first-order valence-corrected chi connectivity index (χ1v) is 5.46. The van der Waals surface area contributed by atoms with Gasteiger partial charge in [0.1, 0.15) is 0 Å². The van der Waals surface area contributed by atoms with E-state index in [-0.39, 0.29) is 0 Å². The SMILES string of the molecule is C1=CC[C@@H]2Sc3ccccc3C2=C1. The van der Waals surface area contributed by atoms with Crippen molar-refractivity contribution in [2.45, 2.75) is 16.6 Å². The summed E-state index contributed by atoms with van der Waals surface area (Å²) in [4.78, 5) is 1.45. The van der Waals surface area contributed by atoms with Crippen molar-refractivity contribution in [2.24, 2.45) is 0 Å². The molecular weight excluding hydrogens is 176 g/mol. The Kier molecular flexibility index (Phi) is 1.59. The third-order valence-electron chi connectivity index (χ3n) is 2.58. The molecule has 3 rings (SSSR count). The van der Waals surface area contributed by atoms with Gasteiger partial charge in [-0.2, -0.15) is 0 Å². The molecular formula is C12H10S. The molecule has 0 radical (unpaired) electrons. The highest BCUT2D eigenvalue weighted by atomic mass is 32.2. The zero-order chi connectivity index (χ0) is 8.67. The maximum absolute atomic E-state index is 2.26. The molecule has 1 atom stereocenters. The number of rotatable bonds is 0. The van der Waals surface area contributed by atoms with Gasteiger partial charge >= 0.3 is 0 Å². The van der Waals surface area contributed by atoms with E-state index in [0.29, 0.717) is 5.25 Å². The third-order valence-corrected chi connectivity index (χ3v) is 3.92. The van der Waals surface area contributed by atoms with Gasteiger partial charge in [-0.25, -0.2) is 0 Å². The second-order valence-corrected chi connectivity index (χ2v) is 4.63. The lowest BCUT2D eigenvalue weighted by molar-refractivity contribution is 1.09. The van der Waals surface area contributed by atoms with E-state index in [1.807, 2.05) is 11.8 Å². The summed E-state index contributed by atoms with van der Waals surface area (Å²) in [6.07, 6.45) is 7.87. The van der Waals surface area contributed by atoms with Crippen LogP contribution in [0.1, 0.15) is 12.0 Å². The van der Waals surface area contributed by atoms with Crippen molar-refractivity contribution in [3.8, 4) is 0 Å². The average Bonchev–Trinajstić information content (AvgIpc) is 2.56. The van der Waals surface area contributed by atoms with Crippen molar-refractivity contribution < 1.29 is 0 Å². The summed E-state index contributed by atoms with van der Waals surface area (Å²) in [6.45, 7) is 0. The normalized spacial score (nSPS) is 23.7. The summed E-state index contributed by atoms with van der Waals surface area (Å²) >= 11 is 2.00. The first-order valence-electron chi connectivity index (χ1n) is 4.58. The van der Waals surface area contributed by atoms with Crippen LogP contribution in [0.2, 0.25) is 0 Å². The Morgan fingerprint density at radius 1 is 1.23 bits per heavy atom. The van der Waals surface area contributed by atoms with Gasteiger partial charge in [-0.05, 0) is 23.6 Å². The summed E-state index contributed by atoms with van der Waals surface area (Å²) in [7, 11) is 0. The minimum Gasteiger partial charge on any atom is -0.117 e. The van der Waals surface area contributed by atoms with Gasteiger partial charge in [0.2, 0.25) is 0 Å². The van der Waals surface area contributed by atoms with Gasteiger partial charge in [-0.1, -0.05) is 36.4 Å². The van der Waals surface area contributed by atoms with Crippen molar-refractivity contribution in [1.29, 1.82) is 0 Å². The van der Waals surface area contributed by atoms with Crippen LogP contribution in [-0.4, -0.2) is 5.25 Å². The Hall–Kier alpha value is -0.950. The molecule has 1 aromatic rings. The third kappa shape index (κ3) is 1.07. The van der Waals surface area contributed by atoms with Crippen molar-refractivity contribution in [1.82, 2.24) is 0 Å². The largest absolute Gasteiger partial charge is 0.117 e. The van der Waals surface area contributed by atoms with Crippen LogP contribution in [-0.2, 0) is 0 Å². The zero-order valence-corrected chi connectivity index (χ0v) is 8.05. The molecule has 0 aromatic heterocycles. The molecule has 0 nitrogen and oxygen atoms in total. The van der Waals surface area contributed by atoms with Gasteiger partial charge in [0.25, 0.3) is 0 Å². The van der Waals surface area contributed by atoms with Crippen molar-refractivity contribution >= 4 is 17.3 Å². The van der Waals surface area contributed by atoms with Crippen molar-refractivity contribution in [3.05, 3.63) is 48.1 Å². The van der Waals surface area contributed by atoms with E-state index in [1.54, 1.807) is 0 Å². The Labute approximate surface area is 82.4 Å². The summed E-state index contributed by atoms with van der Waals surface area (Å²) in [5, 5.41) is 0.683. The number of allylic oxidation sites excluding steroid dienone is 3. The molecule has 0 spiro atoms. The average molecular weight is 186 g/mol. The fourth-order valence-corrected chi connectivity index (χ4v) is 3.26. The second kappa shape index (κ2) is 2.78. The number of hydrogen-bond donors (Lipinski definition) is 0. The molecule has 0 N–H and O–H groups in total. The Morgan fingerprint density at radius 3 is 3.15 bits per heavy atom. The molecule has 13 heavy (non-hydrogen) atoms. The first kappa shape index (κ1) is 7.45. The van der Waals surface area contributed by atoms with Crippen LogP contribution in [0.25, 0.3) is 5.57 Å². The van der Waals surface area contributed by atoms with Gasteiger partial charge in [-0.3, -0.25) is 0 Å². The van der Waals surface area contributed by atoms with Gasteiger partial charge in [0.15, 0.2) is 0 Å². The van der Waals surface area contributed by atoms with Crippen LogP contribution < -0.4 is 0 Å². The summed E-state index contributed by atoms with van der Waals surface area (Å²) < 4.78 is 0. The van der Waals surface area contributed by atoms with E-state index < -0.39 is 0 Å². The van der Waals surface area contributed by atoms with E-state index in [1.165, 1.54) is 22.5 Å². The monoisotopic (exact) mass is 186 g/mol. The van der Waals surface area contributed by atoms with E-state index >= 15 is 0 Å².